The average Bonchev–Trinajstić information content (AvgIpc) is 2.80. The van der Waals surface area contributed by atoms with Crippen molar-refractivity contribution >= 4 is 5.69 Å². The van der Waals surface area contributed by atoms with E-state index in [4.69, 9.17) is 5.11 Å². The van der Waals surface area contributed by atoms with Crippen LogP contribution in [0.2, 0.25) is 0 Å². The van der Waals surface area contributed by atoms with Gasteiger partial charge in [0.1, 0.15) is 0 Å². The van der Waals surface area contributed by atoms with Crippen LogP contribution in [0, 0.1) is 5.92 Å². The Morgan fingerprint density at radius 3 is 2.59 bits per heavy atom. The van der Waals surface area contributed by atoms with Gasteiger partial charge in [0.15, 0.2) is 0 Å². The molecule has 2 unspecified atom stereocenters. The van der Waals surface area contributed by atoms with Crippen molar-refractivity contribution in [2.45, 2.75) is 45.1 Å². The second kappa shape index (κ2) is 6.06. The standard InChI is InChI=1S/C15H23NO/c1-2-12-3-8-15(11-12)16-14-6-4-13(5-7-14)9-10-17/h4-7,12,15-17H,2-3,8-11H2,1H3. The van der Waals surface area contributed by atoms with Crippen LogP contribution >= 0.6 is 0 Å². The molecule has 94 valence electrons. The first-order valence-electron chi connectivity index (χ1n) is 6.78. The molecule has 2 rings (SSSR count). The molecule has 2 heteroatoms. The van der Waals surface area contributed by atoms with Gasteiger partial charge in [-0.25, -0.2) is 0 Å². The Kier molecular flexibility index (Phi) is 4.43. The number of anilines is 1. The van der Waals surface area contributed by atoms with E-state index in [9.17, 15) is 0 Å². The zero-order valence-electron chi connectivity index (χ0n) is 10.7. The van der Waals surface area contributed by atoms with Crippen LogP contribution in [0.4, 0.5) is 5.69 Å². The summed E-state index contributed by atoms with van der Waals surface area (Å²) in [6, 6.07) is 9.12. The molecule has 0 bridgehead atoms. The molecule has 0 aromatic heterocycles. The predicted molar refractivity (Wildman–Crippen MR) is 72.3 cm³/mol. The fraction of sp³-hybridized carbons (Fsp3) is 0.600. The lowest BCUT2D eigenvalue weighted by Gasteiger charge is -2.14. The number of aliphatic hydroxyl groups is 1. The van der Waals surface area contributed by atoms with Gasteiger partial charge in [0, 0.05) is 18.3 Å². The highest BCUT2D eigenvalue weighted by Crippen LogP contribution is 2.30. The SMILES string of the molecule is CCC1CCC(Nc2ccc(CCO)cc2)C1. The molecule has 17 heavy (non-hydrogen) atoms. The Morgan fingerprint density at radius 1 is 1.24 bits per heavy atom. The van der Waals surface area contributed by atoms with Gasteiger partial charge >= 0.3 is 0 Å². The summed E-state index contributed by atoms with van der Waals surface area (Å²) in [6.07, 6.45) is 6.05. The lowest BCUT2D eigenvalue weighted by molar-refractivity contribution is 0.299. The maximum Gasteiger partial charge on any atom is 0.0471 e. The second-order valence-electron chi connectivity index (χ2n) is 5.10. The normalized spacial score (nSPS) is 23.9. The van der Waals surface area contributed by atoms with Gasteiger partial charge in [-0.1, -0.05) is 25.5 Å². The van der Waals surface area contributed by atoms with Gasteiger partial charge in [-0.05, 0) is 49.3 Å². The van der Waals surface area contributed by atoms with Crippen molar-refractivity contribution in [1.29, 1.82) is 0 Å². The molecule has 0 amide bonds. The van der Waals surface area contributed by atoms with E-state index in [1.165, 1.54) is 36.9 Å². The monoisotopic (exact) mass is 233 g/mol. The van der Waals surface area contributed by atoms with Crippen molar-refractivity contribution in [3.63, 3.8) is 0 Å². The minimum atomic E-state index is 0.230. The van der Waals surface area contributed by atoms with Gasteiger partial charge in [-0.15, -0.1) is 0 Å². The summed E-state index contributed by atoms with van der Waals surface area (Å²) in [5, 5.41) is 12.5. The molecule has 1 fully saturated rings. The summed E-state index contributed by atoms with van der Waals surface area (Å²) in [5.41, 5.74) is 2.42. The molecule has 0 aliphatic heterocycles. The fourth-order valence-electron chi connectivity index (χ4n) is 2.71. The summed E-state index contributed by atoms with van der Waals surface area (Å²) in [4.78, 5) is 0. The molecule has 2 atom stereocenters. The number of aliphatic hydroxyl groups excluding tert-OH is 1. The van der Waals surface area contributed by atoms with Gasteiger partial charge in [0.2, 0.25) is 0 Å². The Bertz CT molecular complexity index is 333. The van der Waals surface area contributed by atoms with Gasteiger partial charge in [0.25, 0.3) is 0 Å². The molecule has 1 aliphatic rings. The topological polar surface area (TPSA) is 32.3 Å². The third kappa shape index (κ3) is 3.47. The maximum absolute atomic E-state index is 8.86. The number of nitrogens with one attached hydrogen (secondary N) is 1. The first-order chi connectivity index (χ1) is 8.31. The van der Waals surface area contributed by atoms with E-state index < -0.39 is 0 Å². The summed E-state index contributed by atoms with van der Waals surface area (Å²) in [6.45, 7) is 2.52. The van der Waals surface area contributed by atoms with Crippen molar-refractivity contribution in [2.24, 2.45) is 5.92 Å². The Labute approximate surface area is 104 Å². The van der Waals surface area contributed by atoms with E-state index >= 15 is 0 Å². The molecular formula is C15H23NO. The molecule has 1 saturated carbocycles. The van der Waals surface area contributed by atoms with Crippen molar-refractivity contribution in [1.82, 2.24) is 0 Å². The summed E-state index contributed by atoms with van der Waals surface area (Å²) in [7, 11) is 0. The van der Waals surface area contributed by atoms with E-state index in [0.717, 1.165) is 12.3 Å². The van der Waals surface area contributed by atoms with Crippen LogP contribution in [-0.4, -0.2) is 17.8 Å². The van der Waals surface area contributed by atoms with Gasteiger partial charge in [-0.3, -0.25) is 0 Å². The Hall–Kier alpha value is -1.02. The molecule has 1 aromatic carbocycles. The molecule has 0 radical (unpaired) electrons. The molecule has 2 N–H and O–H groups in total. The lowest BCUT2D eigenvalue weighted by atomic mass is 10.1. The van der Waals surface area contributed by atoms with Crippen LogP contribution in [0.15, 0.2) is 24.3 Å². The fourth-order valence-corrected chi connectivity index (χ4v) is 2.71. The molecule has 1 aliphatic carbocycles. The lowest BCUT2D eigenvalue weighted by Crippen LogP contribution is -2.15. The predicted octanol–water partition coefficient (Wildman–Crippen LogP) is 3.21. The number of hydrogen-bond donors (Lipinski definition) is 2. The highest BCUT2D eigenvalue weighted by molar-refractivity contribution is 5.45. The Balaban J connectivity index is 1.86. The third-order valence-electron chi connectivity index (χ3n) is 3.84. The first-order valence-corrected chi connectivity index (χ1v) is 6.78. The quantitative estimate of drug-likeness (QED) is 0.818. The zero-order valence-corrected chi connectivity index (χ0v) is 10.7. The minimum absolute atomic E-state index is 0.230. The van der Waals surface area contributed by atoms with Crippen LogP contribution in [0.5, 0.6) is 0 Å². The molecule has 0 spiro atoms. The number of hydrogen-bond acceptors (Lipinski definition) is 2. The van der Waals surface area contributed by atoms with Crippen molar-refractivity contribution in [3.05, 3.63) is 29.8 Å². The highest BCUT2D eigenvalue weighted by Gasteiger charge is 2.22. The van der Waals surface area contributed by atoms with E-state index in [2.05, 4.69) is 36.5 Å². The summed E-state index contributed by atoms with van der Waals surface area (Å²) >= 11 is 0. The number of benzene rings is 1. The maximum atomic E-state index is 8.86. The van der Waals surface area contributed by atoms with Crippen LogP contribution in [-0.2, 0) is 6.42 Å². The van der Waals surface area contributed by atoms with E-state index in [1.54, 1.807) is 0 Å². The number of rotatable bonds is 5. The summed E-state index contributed by atoms with van der Waals surface area (Å²) < 4.78 is 0. The van der Waals surface area contributed by atoms with Gasteiger partial charge in [0.05, 0.1) is 0 Å². The third-order valence-corrected chi connectivity index (χ3v) is 3.84. The average molecular weight is 233 g/mol. The van der Waals surface area contributed by atoms with Crippen LogP contribution < -0.4 is 5.32 Å². The van der Waals surface area contributed by atoms with Crippen LogP contribution in [0.1, 0.15) is 38.2 Å². The highest BCUT2D eigenvalue weighted by atomic mass is 16.2. The van der Waals surface area contributed by atoms with E-state index in [1.807, 2.05) is 0 Å². The molecule has 0 saturated heterocycles. The zero-order chi connectivity index (χ0) is 12.1. The van der Waals surface area contributed by atoms with E-state index in [0.29, 0.717) is 6.04 Å². The minimum Gasteiger partial charge on any atom is -0.396 e. The van der Waals surface area contributed by atoms with Crippen LogP contribution in [0.25, 0.3) is 0 Å². The molecule has 2 nitrogen and oxygen atoms in total. The van der Waals surface area contributed by atoms with Crippen LogP contribution in [0.3, 0.4) is 0 Å². The second-order valence-corrected chi connectivity index (χ2v) is 5.10. The van der Waals surface area contributed by atoms with E-state index in [-0.39, 0.29) is 6.61 Å². The Morgan fingerprint density at radius 2 is 2.00 bits per heavy atom. The first kappa shape index (κ1) is 12.4. The molecule has 0 heterocycles. The summed E-state index contributed by atoms with van der Waals surface area (Å²) in [5.74, 6) is 0.918. The van der Waals surface area contributed by atoms with Gasteiger partial charge < -0.3 is 10.4 Å². The van der Waals surface area contributed by atoms with Crippen molar-refractivity contribution < 1.29 is 5.11 Å². The largest absolute Gasteiger partial charge is 0.396 e. The molecular weight excluding hydrogens is 210 g/mol. The van der Waals surface area contributed by atoms with Crippen molar-refractivity contribution in [3.8, 4) is 0 Å². The smallest absolute Gasteiger partial charge is 0.0471 e. The van der Waals surface area contributed by atoms with Crippen molar-refractivity contribution in [2.75, 3.05) is 11.9 Å². The molecule has 1 aromatic rings. The van der Waals surface area contributed by atoms with Gasteiger partial charge in [-0.2, -0.15) is 0 Å².